The molecule has 16 heteroatoms. The number of sulfonamides is 1. The zero-order chi connectivity index (χ0) is 32.1. The largest absolute Gasteiger partial charge is 0.471 e. The van der Waals surface area contributed by atoms with Crippen molar-refractivity contribution in [2.45, 2.75) is 106 Å². The van der Waals surface area contributed by atoms with Crippen molar-refractivity contribution < 1.29 is 36.3 Å². The summed E-state index contributed by atoms with van der Waals surface area (Å²) in [4.78, 5) is 51.3. The molecule has 2 saturated heterocycles. The van der Waals surface area contributed by atoms with E-state index in [0.717, 1.165) is 0 Å². The minimum atomic E-state index is -4.01. The Hall–Kier alpha value is -3.17. The van der Waals surface area contributed by atoms with Gasteiger partial charge in [-0.1, -0.05) is 25.0 Å². The quantitative estimate of drug-likeness (QED) is 0.428. The van der Waals surface area contributed by atoms with E-state index in [1.54, 1.807) is 13.0 Å². The SMILES string of the molecule is Cc1nc2ccccc2nc1O[C@@H]1C[C@H]2C(=O)N[C@]3(C(=O)NS(=O)(=O)C4CC4)C[C@H]3CC(F)(F)CCCCC[C@H](N)C(=O)N2C1.Cl. The maximum Gasteiger partial charge on any atom is 0.259 e. The zero-order valence-electron chi connectivity index (χ0n) is 25.4. The molecule has 4 aliphatic rings. The molecule has 0 unspecified atom stereocenters. The highest BCUT2D eigenvalue weighted by Gasteiger charge is 2.65. The molecule has 6 rings (SSSR count). The molecule has 12 nitrogen and oxygen atoms in total. The van der Waals surface area contributed by atoms with Gasteiger partial charge in [-0.25, -0.2) is 27.2 Å². The number of amides is 3. The van der Waals surface area contributed by atoms with Gasteiger partial charge >= 0.3 is 0 Å². The lowest BCUT2D eigenvalue weighted by molar-refractivity contribution is -0.140. The first kappa shape index (κ1) is 34.2. The summed E-state index contributed by atoms with van der Waals surface area (Å²) >= 11 is 0. The maximum atomic E-state index is 15.0. The van der Waals surface area contributed by atoms with E-state index in [-0.39, 0.29) is 50.5 Å². The van der Waals surface area contributed by atoms with Gasteiger partial charge in [0.15, 0.2) is 0 Å². The number of nitrogens with zero attached hydrogens (tertiary/aromatic N) is 3. The van der Waals surface area contributed by atoms with E-state index in [1.165, 1.54) is 4.90 Å². The van der Waals surface area contributed by atoms with Crippen LogP contribution in [0.3, 0.4) is 0 Å². The van der Waals surface area contributed by atoms with Gasteiger partial charge in [0.25, 0.3) is 5.91 Å². The van der Waals surface area contributed by atoms with Crippen LogP contribution in [0.2, 0.25) is 0 Å². The first-order chi connectivity index (χ1) is 21.3. The van der Waals surface area contributed by atoms with Crippen molar-refractivity contribution in [2.24, 2.45) is 11.7 Å². The van der Waals surface area contributed by atoms with Crippen LogP contribution in [0, 0.1) is 12.8 Å². The van der Waals surface area contributed by atoms with Crippen LogP contribution in [0.25, 0.3) is 11.0 Å². The Balaban J connectivity index is 0.00000417. The average Bonchev–Trinajstić information content (AvgIpc) is 3.90. The lowest BCUT2D eigenvalue weighted by atomic mass is 10.0. The molecule has 5 atom stereocenters. The Morgan fingerprint density at radius 3 is 2.48 bits per heavy atom. The number of alkyl halides is 2. The molecule has 4 fully saturated rings. The number of rotatable bonds is 5. The molecule has 252 valence electrons. The molecule has 4 N–H and O–H groups in total. The third-order valence-electron chi connectivity index (χ3n) is 9.30. The highest BCUT2D eigenvalue weighted by atomic mass is 35.5. The normalized spacial score (nSPS) is 30.1. The van der Waals surface area contributed by atoms with Gasteiger partial charge in [0.2, 0.25) is 33.6 Å². The molecule has 2 aliphatic carbocycles. The van der Waals surface area contributed by atoms with Crippen LogP contribution >= 0.6 is 12.4 Å². The fraction of sp³-hybridized carbons (Fsp3) is 0.633. The van der Waals surface area contributed by atoms with E-state index in [0.29, 0.717) is 42.4 Å². The van der Waals surface area contributed by atoms with Crippen LogP contribution in [-0.2, 0) is 24.4 Å². The van der Waals surface area contributed by atoms with E-state index in [2.05, 4.69) is 15.3 Å². The molecular formula is C30H39ClF2N6O6S. The van der Waals surface area contributed by atoms with Crippen molar-refractivity contribution in [3.8, 4) is 5.88 Å². The zero-order valence-corrected chi connectivity index (χ0v) is 27.0. The van der Waals surface area contributed by atoms with Crippen LogP contribution in [0.5, 0.6) is 5.88 Å². The molecule has 0 spiro atoms. The summed E-state index contributed by atoms with van der Waals surface area (Å²) in [5.74, 6) is -6.15. The third kappa shape index (κ3) is 7.05. The predicted molar refractivity (Wildman–Crippen MR) is 166 cm³/mol. The van der Waals surface area contributed by atoms with Crippen molar-refractivity contribution in [3.63, 3.8) is 0 Å². The third-order valence-corrected chi connectivity index (χ3v) is 11.1. The number of fused-ring (bicyclic) bond motifs is 3. The highest BCUT2D eigenvalue weighted by Crippen LogP contribution is 2.51. The standard InChI is InChI=1S/C30H38F2N6O6S.ClH/c1-17-26(35-23-9-5-4-8-22(23)34-17)44-19-13-24-25(39)36-30(28(41)37-45(42,43)20-10-11-20)15-18(30)14-29(31,32)12-6-2-3-7-21(33)27(40)38(24)16-19;/h4-5,8-9,18-21,24H,2-3,6-7,10-16,33H2,1H3,(H,36,39)(H,37,41);1H/t18-,19-,21+,24+,30-;/m1./s1. The summed E-state index contributed by atoms with van der Waals surface area (Å²) in [5.41, 5.74) is 6.20. The minimum absolute atomic E-state index is 0. The molecule has 1 aromatic heterocycles. The number of nitrogens with one attached hydrogen (secondary N) is 2. The first-order valence-corrected chi connectivity index (χ1v) is 17.0. The number of benzene rings is 1. The van der Waals surface area contributed by atoms with Gasteiger partial charge in [0.05, 0.1) is 28.9 Å². The Kier molecular flexibility index (Phi) is 9.50. The Bertz CT molecular complexity index is 1630. The molecule has 3 amide bonds. The predicted octanol–water partition coefficient (Wildman–Crippen LogP) is 2.51. The van der Waals surface area contributed by atoms with Gasteiger partial charge in [-0.15, -0.1) is 12.4 Å². The van der Waals surface area contributed by atoms with Crippen molar-refractivity contribution >= 4 is 51.2 Å². The number of hydrogen-bond donors (Lipinski definition) is 3. The number of aromatic nitrogens is 2. The number of nitrogens with two attached hydrogens (primary N) is 1. The van der Waals surface area contributed by atoms with E-state index in [4.69, 9.17) is 10.5 Å². The number of ether oxygens (including phenoxy) is 1. The van der Waals surface area contributed by atoms with Gasteiger partial charge in [0.1, 0.15) is 23.4 Å². The molecule has 3 heterocycles. The fourth-order valence-corrected chi connectivity index (χ4v) is 7.85. The molecule has 46 heavy (non-hydrogen) atoms. The molecule has 0 radical (unpaired) electrons. The van der Waals surface area contributed by atoms with E-state index in [1.807, 2.05) is 22.9 Å². The lowest BCUT2D eigenvalue weighted by Gasteiger charge is -2.28. The van der Waals surface area contributed by atoms with Gasteiger partial charge in [-0.3, -0.25) is 19.1 Å². The van der Waals surface area contributed by atoms with E-state index >= 15 is 8.78 Å². The Morgan fingerprint density at radius 1 is 1.09 bits per heavy atom. The van der Waals surface area contributed by atoms with Gasteiger partial charge in [0, 0.05) is 19.3 Å². The highest BCUT2D eigenvalue weighted by molar-refractivity contribution is 7.91. The smallest absolute Gasteiger partial charge is 0.259 e. The van der Waals surface area contributed by atoms with Crippen molar-refractivity contribution in [1.29, 1.82) is 0 Å². The number of halogens is 3. The van der Waals surface area contributed by atoms with Crippen LogP contribution in [0.15, 0.2) is 24.3 Å². The molecule has 2 aliphatic heterocycles. The van der Waals surface area contributed by atoms with Crippen LogP contribution in [-0.4, -0.2) is 82.5 Å². The Labute approximate surface area is 272 Å². The minimum Gasteiger partial charge on any atom is -0.471 e. The van der Waals surface area contributed by atoms with Crippen molar-refractivity contribution in [1.82, 2.24) is 24.9 Å². The fourth-order valence-electron chi connectivity index (χ4n) is 6.49. The number of para-hydroxylation sites is 2. The maximum absolute atomic E-state index is 15.0. The van der Waals surface area contributed by atoms with Crippen LogP contribution in [0.4, 0.5) is 8.78 Å². The van der Waals surface area contributed by atoms with E-state index < -0.39 is 81.4 Å². The summed E-state index contributed by atoms with van der Waals surface area (Å²) in [5, 5.41) is 1.89. The summed E-state index contributed by atoms with van der Waals surface area (Å²) in [7, 11) is -4.01. The summed E-state index contributed by atoms with van der Waals surface area (Å²) < 4.78 is 63.4. The summed E-state index contributed by atoms with van der Waals surface area (Å²) in [6.45, 7) is 1.73. The second-order valence-electron chi connectivity index (χ2n) is 12.9. The number of carbonyl (C=O) groups excluding carboxylic acids is 3. The molecule has 0 bridgehead atoms. The second kappa shape index (κ2) is 12.8. The van der Waals surface area contributed by atoms with Gasteiger partial charge in [-0.2, -0.15) is 0 Å². The van der Waals surface area contributed by atoms with Crippen LogP contribution < -0.4 is 20.5 Å². The van der Waals surface area contributed by atoms with Gasteiger partial charge in [-0.05, 0) is 57.1 Å². The van der Waals surface area contributed by atoms with Crippen molar-refractivity contribution in [2.75, 3.05) is 6.54 Å². The number of hydrogen-bond acceptors (Lipinski definition) is 9. The summed E-state index contributed by atoms with van der Waals surface area (Å²) in [6.07, 6.45) is 0.185. The number of carbonyl (C=O) groups is 3. The average molecular weight is 685 g/mol. The first-order valence-electron chi connectivity index (χ1n) is 15.5. The Morgan fingerprint density at radius 2 is 1.78 bits per heavy atom. The second-order valence-corrected chi connectivity index (χ2v) is 14.8. The summed E-state index contributed by atoms with van der Waals surface area (Å²) in [6, 6.07) is 5.15. The van der Waals surface area contributed by atoms with Crippen molar-refractivity contribution in [3.05, 3.63) is 30.0 Å². The monoisotopic (exact) mass is 684 g/mol. The lowest BCUT2D eigenvalue weighted by Crippen LogP contribution is -2.58. The molecule has 2 aromatic rings. The van der Waals surface area contributed by atoms with Crippen LogP contribution in [0.1, 0.15) is 69.9 Å². The molecular weight excluding hydrogens is 646 g/mol. The molecule has 1 aromatic carbocycles. The van der Waals surface area contributed by atoms with Gasteiger partial charge < -0.3 is 20.7 Å². The number of aryl methyl sites for hydroxylation is 1. The van der Waals surface area contributed by atoms with E-state index in [9.17, 15) is 22.8 Å². The molecule has 2 saturated carbocycles. The topological polar surface area (TPSA) is 174 Å².